The molecule has 3 N–H and O–H groups in total. The van der Waals surface area contributed by atoms with Crippen molar-refractivity contribution in [3.8, 4) is 0 Å². The molecular formula is C3H5NO4. The average molecular weight is 119 g/mol. The zero-order valence-electron chi connectivity index (χ0n) is 3.96. The van der Waals surface area contributed by atoms with Crippen molar-refractivity contribution < 1.29 is 20.0 Å². The molecular weight excluding hydrogens is 114 g/mol. The van der Waals surface area contributed by atoms with E-state index in [0.29, 0.717) is 0 Å². The van der Waals surface area contributed by atoms with Crippen molar-refractivity contribution in [2.75, 3.05) is 0 Å². The van der Waals surface area contributed by atoms with Crippen LogP contribution in [0.1, 0.15) is 0 Å². The van der Waals surface area contributed by atoms with Crippen LogP contribution in [-0.4, -0.2) is 11.2 Å². The third-order valence-electron chi connectivity index (χ3n) is 0.375. The Kier molecular flexibility index (Phi) is 2.60. The Hall–Kier alpha value is -1.07. The van der Waals surface area contributed by atoms with E-state index in [1.165, 1.54) is 0 Å². The maximum Gasteiger partial charge on any atom is 0.391 e. The predicted molar refractivity (Wildman–Crippen MR) is 23.1 cm³/mol. The Morgan fingerprint density at radius 3 is 2.38 bits per heavy atom. The molecule has 0 unspecified atom stereocenters. The molecule has 0 saturated carbocycles. The monoisotopic (exact) mass is 119 g/mol. The third-order valence-corrected chi connectivity index (χ3v) is 0.375. The molecule has 0 aliphatic rings. The minimum atomic E-state index is -1.01. The first-order chi connectivity index (χ1) is 3.68. The minimum absolute atomic E-state index is 0.334. The molecule has 0 aliphatic heterocycles. The molecule has 5 heteroatoms. The van der Waals surface area contributed by atoms with Gasteiger partial charge in [-0.3, -0.25) is 4.89 Å². The van der Waals surface area contributed by atoms with Gasteiger partial charge in [0.15, 0.2) is 0 Å². The van der Waals surface area contributed by atoms with E-state index < -0.39 is 5.97 Å². The Morgan fingerprint density at radius 2 is 2.25 bits per heavy atom. The van der Waals surface area contributed by atoms with Crippen molar-refractivity contribution in [1.82, 2.24) is 0 Å². The molecule has 0 aromatic rings. The molecule has 0 amide bonds. The first-order valence-corrected chi connectivity index (χ1v) is 1.65. The number of carbonyl (C=O) groups is 1. The van der Waals surface area contributed by atoms with Crippen LogP contribution < -0.4 is 5.73 Å². The smallest absolute Gasteiger partial charge is 0.391 e. The molecule has 0 radical (unpaired) electrons. The van der Waals surface area contributed by atoms with Gasteiger partial charge in [0, 0.05) is 0 Å². The second kappa shape index (κ2) is 3.00. The van der Waals surface area contributed by atoms with E-state index in [0.717, 1.165) is 0 Å². The van der Waals surface area contributed by atoms with Crippen LogP contribution in [0.2, 0.25) is 0 Å². The van der Waals surface area contributed by atoms with Crippen molar-refractivity contribution in [1.29, 1.82) is 0 Å². The van der Waals surface area contributed by atoms with Crippen molar-refractivity contribution in [3.05, 3.63) is 12.3 Å². The van der Waals surface area contributed by atoms with Gasteiger partial charge in [-0.1, -0.05) is 6.58 Å². The van der Waals surface area contributed by atoms with Gasteiger partial charge in [-0.05, 0) is 5.04 Å². The summed E-state index contributed by atoms with van der Waals surface area (Å²) in [4.78, 5) is 13.5. The van der Waals surface area contributed by atoms with Gasteiger partial charge in [-0.25, -0.2) is 10.1 Å². The fourth-order valence-electron chi connectivity index (χ4n) is 0.0874. The molecule has 0 aromatic heterocycles. The van der Waals surface area contributed by atoms with Gasteiger partial charge in [0.05, 0.1) is 0 Å². The summed E-state index contributed by atoms with van der Waals surface area (Å²) in [5.74, 6) is -1.01. The van der Waals surface area contributed by atoms with Crippen LogP contribution in [-0.2, 0) is 14.7 Å². The lowest BCUT2D eigenvalue weighted by atomic mass is 10.5. The highest BCUT2D eigenvalue weighted by Crippen LogP contribution is 1.82. The number of hydrogen-bond acceptors (Lipinski definition) is 5. The topological polar surface area (TPSA) is 81.8 Å². The van der Waals surface area contributed by atoms with Gasteiger partial charge >= 0.3 is 5.97 Å². The summed E-state index contributed by atoms with van der Waals surface area (Å²) in [6, 6.07) is 0. The average Bonchev–Trinajstić information content (AvgIpc) is 1.67. The van der Waals surface area contributed by atoms with E-state index >= 15 is 0 Å². The Morgan fingerprint density at radius 1 is 1.75 bits per heavy atom. The lowest BCUT2D eigenvalue weighted by molar-refractivity contribution is -0.460. The van der Waals surface area contributed by atoms with Crippen LogP contribution in [0.4, 0.5) is 0 Å². The van der Waals surface area contributed by atoms with E-state index in [1.807, 2.05) is 0 Å². The predicted octanol–water partition coefficient (Wildman–Crippen LogP) is -0.593. The third kappa shape index (κ3) is 2.17. The number of hydrogen-bond donors (Lipinski definition) is 2. The van der Waals surface area contributed by atoms with Crippen LogP contribution in [0.15, 0.2) is 12.3 Å². The van der Waals surface area contributed by atoms with E-state index in [1.54, 1.807) is 0 Å². The zero-order valence-corrected chi connectivity index (χ0v) is 3.96. The Labute approximate surface area is 45.2 Å². The number of nitrogens with two attached hydrogens (primary N) is 1. The zero-order chi connectivity index (χ0) is 6.57. The highest BCUT2D eigenvalue weighted by molar-refractivity contribution is 5.85. The summed E-state index contributed by atoms with van der Waals surface area (Å²) in [6.07, 6.45) is 0. The maximum absolute atomic E-state index is 10.0. The lowest BCUT2D eigenvalue weighted by Gasteiger charge is -1.92. The Bertz CT molecular complexity index is 110. The van der Waals surface area contributed by atoms with Gasteiger partial charge in [0.2, 0.25) is 0 Å². The molecule has 0 rings (SSSR count). The van der Waals surface area contributed by atoms with Gasteiger partial charge < -0.3 is 5.73 Å². The SMILES string of the molecule is C=C(N)C(=O)OOO. The molecule has 0 spiro atoms. The minimum Gasteiger partial charge on any atom is -0.393 e. The van der Waals surface area contributed by atoms with Crippen molar-refractivity contribution in [2.45, 2.75) is 0 Å². The number of rotatable bonds is 2. The molecule has 5 nitrogen and oxygen atoms in total. The molecule has 0 bridgehead atoms. The highest BCUT2D eigenvalue weighted by atomic mass is 17.5. The summed E-state index contributed by atoms with van der Waals surface area (Å²) >= 11 is 0. The molecule has 46 valence electrons. The molecule has 8 heavy (non-hydrogen) atoms. The fourth-order valence-corrected chi connectivity index (χ4v) is 0.0874. The van der Waals surface area contributed by atoms with Crippen LogP contribution in [0.25, 0.3) is 0 Å². The first-order valence-electron chi connectivity index (χ1n) is 1.65. The quantitative estimate of drug-likeness (QED) is 0.288. The van der Waals surface area contributed by atoms with Gasteiger partial charge in [-0.15, -0.1) is 0 Å². The molecule has 0 aliphatic carbocycles. The van der Waals surface area contributed by atoms with Crippen molar-refractivity contribution in [2.24, 2.45) is 5.73 Å². The van der Waals surface area contributed by atoms with Crippen LogP contribution in [0.3, 0.4) is 0 Å². The van der Waals surface area contributed by atoms with Crippen molar-refractivity contribution in [3.63, 3.8) is 0 Å². The van der Waals surface area contributed by atoms with Crippen LogP contribution >= 0.6 is 0 Å². The summed E-state index contributed by atoms with van der Waals surface area (Å²) in [5.41, 5.74) is 4.43. The molecule has 0 saturated heterocycles. The summed E-state index contributed by atoms with van der Waals surface area (Å²) in [7, 11) is 0. The van der Waals surface area contributed by atoms with Gasteiger partial charge in [-0.2, -0.15) is 0 Å². The number of carbonyl (C=O) groups excluding carboxylic acids is 1. The normalized spacial score (nSPS) is 8.12. The summed E-state index contributed by atoms with van der Waals surface area (Å²) in [5, 5.41) is 10.4. The van der Waals surface area contributed by atoms with Crippen LogP contribution in [0, 0.1) is 0 Å². The molecule has 0 heterocycles. The lowest BCUT2D eigenvalue weighted by Crippen LogP contribution is -2.12. The second-order valence-electron chi connectivity index (χ2n) is 0.971. The molecule has 0 atom stereocenters. The van der Waals surface area contributed by atoms with Gasteiger partial charge in [0.25, 0.3) is 0 Å². The Balaban J connectivity index is 3.49. The van der Waals surface area contributed by atoms with E-state index in [-0.39, 0.29) is 5.70 Å². The van der Waals surface area contributed by atoms with Crippen molar-refractivity contribution >= 4 is 5.97 Å². The van der Waals surface area contributed by atoms with Crippen LogP contribution in [0.5, 0.6) is 0 Å². The standard InChI is InChI=1S/C3H5NO4/c1-2(4)3(5)7-8-6/h6H,1,4H2. The maximum atomic E-state index is 10.0. The largest absolute Gasteiger partial charge is 0.393 e. The van der Waals surface area contributed by atoms with E-state index in [9.17, 15) is 4.79 Å². The summed E-state index contributed by atoms with van der Waals surface area (Å²) < 4.78 is 0. The molecule has 0 aromatic carbocycles. The fraction of sp³-hybridized carbons (Fsp3) is 0. The molecule has 0 fully saturated rings. The summed E-state index contributed by atoms with van der Waals surface area (Å²) in [6.45, 7) is 2.99. The second-order valence-corrected chi connectivity index (χ2v) is 0.971. The first kappa shape index (κ1) is 6.93. The van der Waals surface area contributed by atoms with Gasteiger partial charge in [0.1, 0.15) is 5.70 Å². The van der Waals surface area contributed by atoms with E-state index in [4.69, 9.17) is 11.0 Å². The van der Waals surface area contributed by atoms with E-state index in [2.05, 4.69) is 16.5 Å². The highest BCUT2D eigenvalue weighted by Gasteiger charge is 2.02.